The molecule has 0 radical (unpaired) electrons. The van der Waals surface area contributed by atoms with Crippen LogP contribution in [0.3, 0.4) is 0 Å². The normalized spacial score (nSPS) is 13.8. The van der Waals surface area contributed by atoms with Crippen LogP contribution in [-0.2, 0) is 14.3 Å². The Kier molecular flexibility index (Phi) is 20.1. The number of carbonyl (C=O) groups excluding carboxylic acids is 2. The Balaban J connectivity index is 3.73. The zero-order valence-corrected chi connectivity index (χ0v) is 20.2. The van der Waals surface area contributed by atoms with Crippen molar-refractivity contribution in [3.05, 3.63) is 72.9 Å². The number of allylic oxidation sites excluding steroid dienone is 12. The molecule has 1 unspecified atom stereocenters. The lowest BCUT2D eigenvalue weighted by molar-refractivity contribution is -0.160. The van der Waals surface area contributed by atoms with Crippen molar-refractivity contribution in [3.8, 4) is 0 Å². The molecule has 0 aliphatic carbocycles. The molecule has 1 atom stereocenters. The first-order valence-corrected chi connectivity index (χ1v) is 11.9. The van der Waals surface area contributed by atoms with Gasteiger partial charge in [0.05, 0.1) is 0 Å². The molecular weight excluding hydrogens is 398 g/mol. The lowest BCUT2D eigenvalue weighted by Gasteiger charge is -2.11. The fourth-order valence-electron chi connectivity index (χ4n) is 2.68. The van der Waals surface area contributed by atoms with E-state index in [4.69, 9.17) is 10.5 Å². The fraction of sp³-hybridized carbons (Fsp3) is 0.500. The summed E-state index contributed by atoms with van der Waals surface area (Å²) in [6.45, 7) is 6.08. The molecule has 0 heterocycles. The summed E-state index contributed by atoms with van der Waals surface area (Å²) in [6, 6.07) is -0.732. The van der Waals surface area contributed by atoms with Gasteiger partial charge in [-0.2, -0.15) is 0 Å². The number of carbonyl (C=O) groups is 2. The highest BCUT2D eigenvalue weighted by Crippen LogP contribution is 2.05. The highest BCUT2D eigenvalue weighted by atomic mass is 16.6. The van der Waals surface area contributed by atoms with Gasteiger partial charge in [0.1, 0.15) is 6.04 Å². The van der Waals surface area contributed by atoms with Crippen molar-refractivity contribution in [1.82, 2.24) is 0 Å². The molecule has 0 fully saturated rings. The van der Waals surface area contributed by atoms with Crippen LogP contribution in [0.15, 0.2) is 72.9 Å². The van der Waals surface area contributed by atoms with E-state index in [-0.39, 0.29) is 12.3 Å². The predicted octanol–water partition coefficient (Wildman–Crippen LogP) is 6.91. The van der Waals surface area contributed by atoms with E-state index in [1.807, 2.05) is 26.0 Å². The van der Waals surface area contributed by atoms with Crippen molar-refractivity contribution < 1.29 is 14.3 Å². The third-order valence-electron chi connectivity index (χ3n) is 4.35. The first kappa shape index (κ1) is 29.5. The van der Waals surface area contributed by atoms with Gasteiger partial charge in [-0.25, -0.2) is 4.79 Å². The molecule has 0 bridgehead atoms. The maximum atomic E-state index is 11.7. The van der Waals surface area contributed by atoms with Crippen molar-refractivity contribution in [1.29, 1.82) is 0 Å². The van der Waals surface area contributed by atoms with E-state index in [1.165, 1.54) is 0 Å². The fourth-order valence-corrected chi connectivity index (χ4v) is 2.68. The second-order valence-electron chi connectivity index (χ2n) is 7.98. The summed E-state index contributed by atoms with van der Waals surface area (Å²) in [6.07, 6.45) is 32.7. The Morgan fingerprint density at radius 1 is 0.719 bits per heavy atom. The highest BCUT2D eigenvalue weighted by molar-refractivity contribution is 5.88. The SMILES string of the molecule is CC/C=C\C/C=C\C/C=C\C/C=C\C/C=C\C/C=C\CCC(=O)OC(=O)C(N)CC(C)C. The van der Waals surface area contributed by atoms with E-state index in [2.05, 4.69) is 67.7 Å². The van der Waals surface area contributed by atoms with Crippen LogP contribution in [0.25, 0.3) is 0 Å². The molecule has 0 rings (SSSR count). The summed E-state index contributed by atoms with van der Waals surface area (Å²) >= 11 is 0. The number of rotatable bonds is 17. The zero-order chi connectivity index (χ0) is 23.9. The highest BCUT2D eigenvalue weighted by Gasteiger charge is 2.19. The quantitative estimate of drug-likeness (QED) is 0.151. The average molecular weight is 442 g/mol. The second-order valence-corrected chi connectivity index (χ2v) is 7.98. The van der Waals surface area contributed by atoms with E-state index in [9.17, 15) is 9.59 Å². The van der Waals surface area contributed by atoms with Crippen LogP contribution < -0.4 is 5.73 Å². The van der Waals surface area contributed by atoms with E-state index in [0.29, 0.717) is 12.8 Å². The Morgan fingerprint density at radius 3 is 1.53 bits per heavy atom. The molecule has 32 heavy (non-hydrogen) atoms. The monoisotopic (exact) mass is 441 g/mol. The summed E-state index contributed by atoms with van der Waals surface area (Å²) < 4.78 is 4.78. The van der Waals surface area contributed by atoms with Crippen LogP contribution in [0.4, 0.5) is 0 Å². The molecule has 0 aromatic heterocycles. The predicted molar refractivity (Wildman–Crippen MR) is 136 cm³/mol. The number of hydrogen-bond donors (Lipinski definition) is 1. The lowest BCUT2D eigenvalue weighted by Crippen LogP contribution is -2.34. The second kappa shape index (κ2) is 21.8. The minimum Gasteiger partial charge on any atom is -0.392 e. The summed E-state index contributed by atoms with van der Waals surface area (Å²) in [7, 11) is 0. The topological polar surface area (TPSA) is 69.4 Å². The molecular formula is C28H43NO3. The van der Waals surface area contributed by atoms with Crippen molar-refractivity contribution >= 4 is 11.9 Å². The Morgan fingerprint density at radius 2 is 1.12 bits per heavy atom. The maximum Gasteiger partial charge on any atom is 0.330 e. The average Bonchev–Trinajstić information content (AvgIpc) is 2.74. The van der Waals surface area contributed by atoms with E-state index < -0.39 is 18.0 Å². The molecule has 2 N–H and O–H groups in total. The van der Waals surface area contributed by atoms with Crippen molar-refractivity contribution in [2.75, 3.05) is 0 Å². The van der Waals surface area contributed by atoms with Gasteiger partial charge in [0.25, 0.3) is 0 Å². The van der Waals surface area contributed by atoms with Crippen LogP contribution in [0, 0.1) is 5.92 Å². The minimum absolute atomic E-state index is 0.183. The number of hydrogen-bond acceptors (Lipinski definition) is 4. The van der Waals surface area contributed by atoms with Crippen molar-refractivity contribution in [2.45, 2.75) is 84.6 Å². The van der Waals surface area contributed by atoms with Crippen molar-refractivity contribution in [3.63, 3.8) is 0 Å². The van der Waals surface area contributed by atoms with Crippen LogP contribution in [0.5, 0.6) is 0 Å². The van der Waals surface area contributed by atoms with Gasteiger partial charge in [0.2, 0.25) is 0 Å². The zero-order valence-electron chi connectivity index (χ0n) is 20.2. The molecule has 0 aliphatic heterocycles. The van der Waals surface area contributed by atoms with Gasteiger partial charge in [-0.05, 0) is 57.3 Å². The first-order chi connectivity index (χ1) is 15.5. The number of nitrogens with two attached hydrogens (primary N) is 1. The summed E-state index contributed by atoms with van der Waals surface area (Å²) in [5.41, 5.74) is 5.71. The molecule has 0 saturated carbocycles. The first-order valence-electron chi connectivity index (χ1n) is 11.9. The largest absolute Gasteiger partial charge is 0.392 e. The minimum atomic E-state index is -0.732. The van der Waals surface area contributed by atoms with Crippen LogP contribution in [-0.4, -0.2) is 18.0 Å². The molecule has 0 spiro atoms. The van der Waals surface area contributed by atoms with E-state index in [0.717, 1.165) is 38.5 Å². The van der Waals surface area contributed by atoms with E-state index >= 15 is 0 Å². The van der Waals surface area contributed by atoms with Crippen molar-refractivity contribution in [2.24, 2.45) is 11.7 Å². The molecule has 0 saturated heterocycles. The maximum absolute atomic E-state index is 11.7. The van der Waals surface area contributed by atoms with Crippen LogP contribution >= 0.6 is 0 Å². The van der Waals surface area contributed by atoms with Gasteiger partial charge in [0, 0.05) is 6.42 Å². The van der Waals surface area contributed by atoms with Crippen LogP contribution in [0.2, 0.25) is 0 Å². The molecule has 0 aromatic carbocycles. The third kappa shape index (κ3) is 20.8. The third-order valence-corrected chi connectivity index (χ3v) is 4.35. The molecule has 178 valence electrons. The van der Waals surface area contributed by atoms with Gasteiger partial charge in [-0.3, -0.25) is 4.79 Å². The molecule has 0 aliphatic rings. The van der Waals surface area contributed by atoms with Gasteiger partial charge in [0.15, 0.2) is 0 Å². The Bertz CT molecular complexity index is 666. The number of esters is 2. The smallest absolute Gasteiger partial charge is 0.330 e. The molecule has 4 heteroatoms. The summed E-state index contributed by atoms with van der Waals surface area (Å²) in [4.78, 5) is 23.3. The Hall–Kier alpha value is -2.46. The molecule has 0 aromatic rings. The van der Waals surface area contributed by atoms with Gasteiger partial charge >= 0.3 is 11.9 Å². The number of ether oxygens (including phenoxy) is 1. The van der Waals surface area contributed by atoms with E-state index in [1.54, 1.807) is 0 Å². The van der Waals surface area contributed by atoms with Gasteiger partial charge < -0.3 is 10.5 Å². The van der Waals surface area contributed by atoms with Crippen LogP contribution in [0.1, 0.15) is 78.6 Å². The molecule has 0 amide bonds. The van der Waals surface area contributed by atoms with Gasteiger partial charge in [-0.15, -0.1) is 0 Å². The lowest BCUT2D eigenvalue weighted by atomic mass is 10.1. The summed E-state index contributed by atoms with van der Waals surface area (Å²) in [5, 5.41) is 0. The summed E-state index contributed by atoms with van der Waals surface area (Å²) in [5.74, 6) is -0.869. The Labute approximate surface area is 195 Å². The van der Waals surface area contributed by atoms with Gasteiger partial charge in [-0.1, -0.05) is 93.7 Å². The standard InChI is InChI=1S/C28H43NO3/c1-4-5-6-7-8-9-10-11-12-13-14-15-16-17-18-19-20-21-22-23-27(30)32-28(31)26(29)24-25(2)3/h5-6,8-9,11-12,14-15,17-18,20-21,25-26H,4,7,10,13,16,19,22-24,29H2,1-3H3/b6-5-,9-8-,12-11-,15-14-,18-17-,21-20-. The molecule has 4 nitrogen and oxygen atoms in total.